The van der Waals surface area contributed by atoms with E-state index in [0.717, 1.165) is 31.5 Å². The highest BCUT2D eigenvalue weighted by atomic mass is 19.1. The average Bonchev–Trinajstić information content (AvgIpc) is 2.67. The molecule has 4 heteroatoms. The molecule has 1 aliphatic heterocycles. The van der Waals surface area contributed by atoms with Gasteiger partial charge in [-0.15, -0.1) is 0 Å². The summed E-state index contributed by atoms with van der Waals surface area (Å²) < 4.78 is 13.3. The molecule has 1 fully saturated rings. The molecular formula is C22H27FN2O. The van der Waals surface area contributed by atoms with Crippen LogP contribution in [0.2, 0.25) is 0 Å². The van der Waals surface area contributed by atoms with Crippen LogP contribution < -0.4 is 0 Å². The van der Waals surface area contributed by atoms with Gasteiger partial charge in [-0.25, -0.2) is 4.39 Å². The molecule has 0 radical (unpaired) electrons. The number of likely N-dealkylation sites (tertiary alicyclic amines) is 1. The van der Waals surface area contributed by atoms with Crippen molar-refractivity contribution in [1.29, 1.82) is 0 Å². The van der Waals surface area contributed by atoms with E-state index >= 15 is 0 Å². The topological polar surface area (TPSA) is 23.6 Å². The van der Waals surface area contributed by atoms with Crippen molar-refractivity contribution in [3.8, 4) is 0 Å². The first kappa shape index (κ1) is 18.6. The molecule has 1 heterocycles. The molecule has 0 unspecified atom stereocenters. The third kappa shape index (κ3) is 3.96. The summed E-state index contributed by atoms with van der Waals surface area (Å²) in [5.41, 5.74) is 2.18. The zero-order valence-corrected chi connectivity index (χ0v) is 15.6. The average molecular weight is 354 g/mol. The molecule has 2 aromatic carbocycles. The van der Waals surface area contributed by atoms with Gasteiger partial charge < -0.3 is 4.90 Å². The number of piperidine rings is 1. The maximum atomic E-state index is 13.3. The lowest BCUT2D eigenvalue weighted by Crippen LogP contribution is -2.51. The minimum Gasteiger partial charge on any atom is -0.343 e. The molecule has 0 aliphatic carbocycles. The molecule has 0 atom stereocenters. The van der Waals surface area contributed by atoms with Gasteiger partial charge in [0.1, 0.15) is 5.82 Å². The van der Waals surface area contributed by atoms with Crippen LogP contribution in [-0.2, 0) is 16.8 Å². The normalized spacial score (nSPS) is 16.7. The van der Waals surface area contributed by atoms with E-state index in [0.29, 0.717) is 12.8 Å². The molecular weight excluding hydrogens is 327 g/mol. The smallest absolute Gasteiger partial charge is 0.222 e. The van der Waals surface area contributed by atoms with Crippen molar-refractivity contribution in [2.45, 2.75) is 31.2 Å². The number of hydrogen-bond donors (Lipinski definition) is 0. The summed E-state index contributed by atoms with van der Waals surface area (Å²) in [6.07, 6.45) is 2.87. The number of aryl methyl sites for hydroxylation is 1. The Morgan fingerprint density at radius 3 is 2.38 bits per heavy atom. The van der Waals surface area contributed by atoms with Gasteiger partial charge in [0, 0.05) is 25.0 Å². The zero-order chi connectivity index (χ0) is 18.6. The van der Waals surface area contributed by atoms with Gasteiger partial charge in [0.2, 0.25) is 5.91 Å². The predicted octanol–water partition coefficient (Wildman–Crippen LogP) is 3.84. The Morgan fingerprint density at radius 1 is 1.08 bits per heavy atom. The van der Waals surface area contributed by atoms with Gasteiger partial charge in [-0.1, -0.05) is 42.5 Å². The Kier molecular flexibility index (Phi) is 5.72. The first-order chi connectivity index (χ1) is 12.5. The monoisotopic (exact) mass is 354 g/mol. The molecule has 26 heavy (non-hydrogen) atoms. The molecule has 3 nitrogen and oxygen atoms in total. The summed E-state index contributed by atoms with van der Waals surface area (Å²) in [4.78, 5) is 16.8. The third-order valence-electron chi connectivity index (χ3n) is 5.63. The molecule has 1 aliphatic rings. The predicted molar refractivity (Wildman–Crippen MR) is 102 cm³/mol. The Labute approximate surface area is 155 Å². The summed E-state index contributed by atoms with van der Waals surface area (Å²) in [6, 6.07) is 17.1. The van der Waals surface area contributed by atoms with Gasteiger partial charge in [0.15, 0.2) is 0 Å². The van der Waals surface area contributed by atoms with E-state index in [2.05, 4.69) is 43.3 Å². The van der Waals surface area contributed by atoms with Crippen LogP contribution in [-0.4, -0.2) is 42.9 Å². The summed E-state index contributed by atoms with van der Waals surface area (Å²) in [7, 11) is 4.24. The number of benzene rings is 2. The molecule has 0 N–H and O–H groups in total. The summed E-state index contributed by atoms with van der Waals surface area (Å²) in [5.74, 6) is -0.0822. The van der Waals surface area contributed by atoms with Gasteiger partial charge in [-0.2, -0.15) is 0 Å². The second-order valence-electron chi connectivity index (χ2n) is 7.30. The minimum absolute atomic E-state index is 0.0133. The summed E-state index contributed by atoms with van der Waals surface area (Å²) >= 11 is 0. The lowest BCUT2D eigenvalue weighted by atomic mass is 9.79. The van der Waals surface area contributed by atoms with Gasteiger partial charge >= 0.3 is 0 Å². The van der Waals surface area contributed by atoms with Crippen LogP contribution in [0.4, 0.5) is 4.39 Å². The lowest BCUT2D eigenvalue weighted by molar-refractivity contribution is -0.133. The van der Waals surface area contributed by atoms with Crippen LogP contribution in [0.25, 0.3) is 0 Å². The summed E-state index contributed by atoms with van der Waals surface area (Å²) in [6.45, 7) is 1.52. The summed E-state index contributed by atoms with van der Waals surface area (Å²) in [5, 5.41) is 0. The fourth-order valence-corrected chi connectivity index (χ4v) is 3.97. The minimum atomic E-state index is -0.244. The fourth-order valence-electron chi connectivity index (χ4n) is 3.97. The highest BCUT2D eigenvalue weighted by Crippen LogP contribution is 2.37. The number of rotatable bonds is 5. The lowest BCUT2D eigenvalue weighted by Gasteiger charge is -2.46. The number of halogens is 1. The standard InChI is InChI=1S/C22H27FN2O/c1-24(2)22(19-8-4-3-5-9-19)13-15-25(16-14-22)21(26)12-11-18-7-6-10-20(23)17-18/h3-10,17H,11-16H2,1-2H3. The molecule has 0 spiro atoms. The Morgan fingerprint density at radius 2 is 1.77 bits per heavy atom. The Hall–Kier alpha value is -2.20. The molecule has 3 rings (SSSR count). The zero-order valence-electron chi connectivity index (χ0n) is 15.6. The molecule has 1 saturated heterocycles. The molecule has 2 aromatic rings. The van der Waals surface area contributed by atoms with Gasteiger partial charge in [-0.05, 0) is 56.6 Å². The van der Waals surface area contributed by atoms with Crippen molar-refractivity contribution >= 4 is 5.91 Å². The number of carbonyl (C=O) groups excluding carboxylic acids is 1. The molecule has 0 bridgehead atoms. The Balaban J connectivity index is 1.61. The number of hydrogen-bond acceptors (Lipinski definition) is 2. The van der Waals surface area contributed by atoms with E-state index in [1.165, 1.54) is 17.7 Å². The van der Waals surface area contributed by atoms with E-state index in [9.17, 15) is 9.18 Å². The van der Waals surface area contributed by atoms with E-state index < -0.39 is 0 Å². The quantitative estimate of drug-likeness (QED) is 0.814. The first-order valence-electron chi connectivity index (χ1n) is 9.26. The third-order valence-corrected chi connectivity index (χ3v) is 5.63. The Bertz CT molecular complexity index is 737. The fraction of sp³-hybridized carbons (Fsp3) is 0.409. The van der Waals surface area contributed by atoms with Gasteiger partial charge in [0.25, 0.3) is 0 Å². The van der Waals surface area contributed by atoms with Crippen LogP contribution in [0.5, 0.6) is 0 Å². The number of carbonyl (C=O) groups is 1. The van der Waals surface area contributed by atoms with E-state index in [4.69, 9.17) is 0 Å². The van der Waals surface area contributed by atoms with Gasteiger partial charge in [0.05, 0.1) is 0 Å². The van der Waals surface area contributed by atoms with Crippen LogP contribution in [0.15, 0.2) is 54.6 Å². The van der Waals surface area contributed by atoms with Crippen LogP contribution in [0.3, 0.4) is 0 Å². The van der Waals surface area contributed by atoms with Crippen molar-refractivity contribution in [1.82, 2.24) is 9.80 Å². The van der Waals surface area contributed by atoms with Crippen LogP contribution >= 0.6 is 0 Å². The van der Waals surface area contributed by atoms with E-state index in [-0.39, 0.29) is 17.3 Å². The number of amides is 1. The number of nitrogens with zero attached hydrogens (tertiary/aromatic N) is 2. The van der Waals surface area contributed by atoms with E-state index in [1.807, 2.05) is 17.0 Å². The highest BCUT2D eigenvalue weighted by Gasteiger charge is 2.38. The van der Waals surface area contributed by atoms with E-state index in [1.54, 1.807) is 6.07 Å². The van der Waals surface area contributed by atoms with Crippen molar-refractivity contribution in [3.05, 3.63) is 71.5 Å². The second-order valence-corrected chi connectivity index (χ2v) is 7.30. The van der Waals surface area contributed by atoms with Crippen molar-refractivity contribution in [2.24, 2.45) is 0 Å². The molecule has 0 aromatic heterocycles. The first-order valence-corrected chi connectivity index (χ1v) is 9.26. The maximum Gasteiger partial charge on any atom is 0.222 e. The maximum absolute atomic E-state index is 13.3. The largest absolute Gasteiger partial charge is 0.343 e. The van der Waals surface area contributed by atoms with Crippen molar-refractivity contribution in [2.75, 3.05) is 27.2 Å². The van der Waals surface area contributed by atoms with Crippen LogP contribution in [0.1, 0.15) is 30.4 Å². The second kappa shape index (κ2) is 8.00. The molecule has 0 saturated carbocycles. The molecule has 1 amide bonds. The molecule has 138 valence electrons. The van der Waals surface area contributed by atoms with Crippen molar-refractivity contribution in [3.63, 3.8) is 0 Å². The van der Waals surface area contributed by atoms with Crippen LogP contribution in [0, 0.1) is 5.82 Å². The van der Waals surface area contributed by atoms with Crippen molar-refractivity contribution < 1.29 is 9.18 Å². The van der Waals surface area contributed by atoms with Gasteiger partial charge in [-0.3, -0.25) is 9.69 Å². The SMILES string of the molecule is CN(C)C1(c2ccccc2)CCN(C(=O)CCc2cccc(F)c2)CC1. The highest BCUT2D eigenvalue weighted by molar-refractivity contribution is 5.76.